The Morgan fingerprint density at radius 1 is 0.366 bits per heavy atom. The van der Waals surface area contributed by atoms with E-state index in [1.54, 1.807) is 0 Å². The Kier molecular flexibility index (Phi) is 10.8. The lowest BCUT2D eigenvalue weighted by Crippen LogP contribution is -2.63. The van der Waals surface area contributed by atoms with E-state index < -0.39 is 0 Å². The number of anilines is 9. The molecule has 0 saturated heterocycles. The Morgan fingerprint density at radius 2 is 0.854 bits per heavy atom. The molecule has 12 aromatic rings. The molecule has 82 heavy (non-hydrogen) atoms. The number of hydrogen-bond acceptors (Lipinski definition) is 5. The molecule has 0 fully saturated rings. The van der Waals surface area contributed by atoms with Crippen molar-refractivity contribution in [3.05, 3.63) is 254 Å². The van der Waals surface area contributed by atoms with Crippen molar-refractivity contribution in [1.29, 1.82) is 0 Å². The minimum atomic E-state index is -0.105. The third-order valence-electron chi connectivity index (χ3n) is 17.5. The summed E-state index contributed by atoms with van der Waals surface area (Å²) in [5, 5.41) is 2.56. The summed E-state index contributed by atoms with van der Waals surface area (Å²) in [6.45, 7) is 13.8. The quantitative estimate of drug-likeness (QED) is 0.155. The van der Waals surface area contributed by atoms with E-state index in [-0.39, 0.29) is 24.3 Å². The van der Waals surface area contributed by atoms with Crippen molar-refractivity contribution in [2.24, 2.45) is 0 Å². The second-order valence-corrected chi connectivity index (χ2v) is 25.6. The lowest BCUT2D eigenvalue weighted by atomic mass is 9.31. The van der Waals surface area contributed by atoms with Gasteiger partial charge in [0, 0.05) is 77.8 Å². The topological polar surface area (TPSA) is 23.9 Å². The van der Waals surface area contributed by atoms with Crippen LogP contribution in [-0.2, 0) is 10.8 Å². The van der Waals surface area contributed by atoms with Crippen molar-refractivity contribution in [2.75, 3.05) is 14.7 Å². The van der Waals surface area contributed by atoms with Gasteiger partial charge in [-0.15, -0.1) is 0 Å². The number of nitrogens with zero attached hydrogens (tertiary/aromatic N) is 4. The van der Waals surface area contributed by atoms with E-state index in [2.05, 4.69) is 303 Å². The Bertz CT molecular complexity index is 4460. The van der Waals surface area contributed by atoms with Crippen LogP contribution in [0.5, 0.6) is 11.5 Å². The fourth-order valence-electron chi connectivity index (χ4n) is 13.7. The van der Waals surface area contributed by atoms with Gasteiger partial charge < -0.3 is 24.0 Å². The summed E-state index contributed by atoms with van der Waals surface area (Å²) in [6.07, 6.45) is 0. The highest BCUT2D eigenvalue weighted by Crippen LogP contribution is 2.49. The minimum absolute atomic E-state index is 0.00796. The first kappa shape index (κ1) is 48.8. The highest BCUT2D eigenvalue weighted by molar-refractivity contribution is 8.00. The number of benzene rings is 11. The van der Waals surface area contributed by atoms with Gasteiger partial charge in [0.15, 0.2) is 0 Å². The smallest absolute Gasteiger partial charge is 0.256 e. The molecule has 0 saturated carbocycles. The molecule has 11 aromatic carbocycles. The molecule has 5 heterocycles. The predicted octanol–water partition coefficient (Wildman–Crippen LogP) is 16.0. The molecule has 392 valence electrons. The number of ether oxygens (including phenoxy) is 1. The minimum Gasteiger partial charge on any atom is -0.458 e. The summed E-state index contributed by atoms with van der Waals surface area (Å²) in [6, 6.07) is 90.2. The van der Waals surface area contributed by atoms with Crippen LogP contribution in [0.15, 0.2) is 252 Å². The Labute approximate surface area is 485 Å². The average molecular weight is 1070 g/mol. The standard InChI is InChI=1S/C74H58B2N4OS/c1-73(2,3)47-35-37-61-55(39-47)56-40-48(74(4,5)6)36-38-62(56)80(61)54-42-66-72-70(44-54)82-69-46-67-59(45-60(69)76(72)58-32-20-22-34-64(58)79(66)52-29-17-10-18-30-52)75-57-31-19-21-33-63(57)78(51-27-15-9-16-28-51)65-41-53(43-68(81-67)71(65)75)77(49-23-11-7-12-24-49)50-25-13-8-14-26-50/h7-46H,1-6H3. The van der Waals surface area contributed by atoms with Crippen LogP contribution in [-0.4, -0.2) is 18.0 Å². The molecule has 0 bridgehead atoms. The molecule has 0 atom stereocenters. The number of hydrogen-bond donors (Lipinski definition) is 0. The fourth-order valence-corrected chi connectivity index (χ4v) is 14.9. The summed E-state index contributed by atoms with van der Waals surface area (Å²) >= 11 is 1.88. The molecule has 0 radical (unpaired) electrons. The van der Waals surface area contributed by atoms with E-state index in [9.17, 15) is 0 Å². The highest BCUT2D eigenvalue weighted by atomic mass is 32.2. The van der Waals surface area contributed by atoms with E-state index in [0.717, 1.165) is 57.0 Å². The van der Waals surface area contributed by atoms with Crippen molar-refractivity contribution in [3.8, 4) is 17.2 Å². The molecular formula is C74H58B2N4OS. The average Bonchev–Trinajstić information content (AvgIpc) is 1.31. The molecule has 1 aromatic heterocycles. The lowest BCUT2D eigenvalue weighted by molar-refractivity contribution is 0.486. The zero-order valence-corrected chi connectivity index (χ0v) is 47.7. The van der Waals surface area contributed by atoms with Crippen LogP contribution in [0.3, 0.4) is 0 Å². The maximum atomic E-state index is 7.56. The molecule has 5 nitrogen and oxygen atoms in total. The van der Waals surface area contributed by atoms with E-state index in [1.807, 2.05) is 11.8 Å². The second-order valence-electron chi connectivity index (χ2n) is 24.5. The van der Waals surface area contributed by atoms with Gasteiger partial charge in [0.1, 0.15) is 11.5 Å². The number of fused-ring (bicyclic) bond motifs is 11. The first-order chi connectivity index (χ1) is 39.9. The van der Waals surface area contributed by atoms with Crippen molar-refractivity contribution >= 4 is 131 Å². The largest absolute Gasteiger partial charge is 0.458 e. The number of rotatable bonds is 6. The van der Waals surface area contributed by atoms with Crippen molar-refractivity contribution in [3.63, 3.8) is 0 Å². The normalized spacial score (nSPS) is 13.7. The molecule has 4 aliphatic rings. The second kappa shape index (κ2) is 18.2. The summed E-state index contributed by atoms with van der Waals surface area (Å²) in [5.74, 6) is 1.75. The fraction of sp³-hybridized carbons (Fsp3) is 0.108. The van der Waals surface area contributed by atoms with E-state index in [1.165, 1.54) is 86.9 Å². The molecular weight excluding hydrogens is 1010 g/mol. The maximum absolute atomic E-state index is 7.56. The van der Waals surface area contributed by atoms with Gasteiger partial charge in [0.25, 0.3) is 6.71 Å². The molecule has 0 amide bonds. The molecule has 16 rings (SSSR count). The van der Waals surface area contributed by atoms with Crippen LogP contribution in [0.25, 0.3) is 27.5 Å². The monoisotopic (exact) mass is 1070 g/mol. The van der Waals surface area contributed by atoms with Crippen LogP contribution < -0.4 is 52.2 Å². The predicted molar refractivity (Wildman–Crippen MR) is 349 cm³/mol. The van der Waals surface area contributed by atoms with E-state index in [4.69, 9.17) is 4.74 Å². The first-order valence-corrected chi connectivity index (χ1v) is 29.5. The van der Waals surface area contributed by atoms with Crippen molar-refractivity contribution in [1.82, 2.24) is 4.57 Å². The summed E-state index contributed by atoms with van der Waals surface area (Å²) < 4.78 is 10.1. The van der Waals surface area contributed by atoms with Gasteiger partial charge in [-0.2, -0.15) is 0 Å². The van der Waals surface area contributed by atoms with Gasteiger partial charge in [-0.25, -0.2) is 0 Å². The number of para-hydroxylation sites is 6. The van der Waals surface area contributed by atoms with Crippen LogP contribution >= 0.6 is 11.8 Å². The highest BCUT2D eigenvalue weighted by Gasteiger charge is 2.46. The summed E-state index contributed by atoms with van der Waals surface area (Å²) in [7, 11) is 0. The van der Waals surface area contributed by atoms with E-state index in [0.29, 0.717) is 0 Å². The third-order valence-corrected chi connectivity index (χ3v) is 18.7. The molecule has 0 aliphatic carbocycles. The molecule has 0 unspecified atom stereocenters. The van der Waals surface area contributed by atoms with Gasteiger partial charge in [-0.3, -0.25) is 0 Å². The van der Waals surface area contributed by atoms with Crippen molar-refractivity contribution in [2.45, 2.75) is 62.2 Å². The Morgan fingerprint density at radius 3 is 1.39 bits per heavy atom. The zero-order chi connectivity index (χ0) is 55.2. The molecule has 0 N–H and O–H groups in total. The van der Waals surface area contributed by atoms with Crippen LogP contribution in [0.2, 0.25) is 0 Å². The van der Waals surface area contributed by atoms with Crippen LogP contribution in [0.4, 0.5) is 51.2 Å². The maximum Gasteiger partial charge on any atom is 0.256 e. The van der Waals surface area contributed by atoms with Gasteiger partial charge >= 0.3 is 0 Å². The summed E-state index contributed by atoms with van der Waals surface area (Å²) in [5.41, 5.74) is 23.8. The van der Waals surface area contributed by atoms with Gasteiger partial charge in [-0.05, 0) is 158 Å². The Hall–Kier alpha value is -9.10. The zero-order valence-electron chi connectivity index (χ0n) is 46.9. The number of aromatic nitrogens is 1. The third kappa shape index (κ3) is 7.50. The lowest BCUT2D eigenvalue weighted by Gasteiger charge is -2.43. The Balaban J connectivity index is 0.936. The van der Waals surface area contributed by atoms with Crippen LogP contribution in [0, 0.1) is 0 Å². The van der Waals surface area contributed by atoms with E-state index >= 15 is 0 Å². The van der Waals surface area contributed by atoms with Gasteiger partial charge in [-0.1, -0.05) is 186 Å². The molecule has 4 aliphatic heterocycles. The molecule has 8 heteroatoms. The molecule has 0 spiro atoms. The van der Waals surface area contributed by atoms with Crippen LogP contribution in [0.1, 0.15) is 52.7 Å². The van der Waals surface area contributed by atoms with Gasteiger partial charge in [0.2, 0.25) is 6.71 Å². The van der Waals surface area contributed by atoms with Crippen molar-refractivity contribution < 1.29 is 4.74 Å². The first-order valence-electron chi connectivity index (χ1n) is 28.7. The summed E-state index contributed by atoms with van der Waals surface area (Å²) in [4.78, 5) is 9.78. The SMILES string of the molecule is CC(C)(C)c1ccc2c(c1)c1cc(C(C)(C)C)ccc1n2-c1cc2c3c(c1)N(c1ccccc1)c1ccccc1B3c1cc3c(cc1S2)Oc1cc(N(c2ccccc2)c2ccccc2)cc2c1B3c1ccccc1N2c1ccccc1. The van der Waals surface area contributed by atoms with Gasteiger partial charge in [0.05, 0.1) is 16.7 Å².